The molecule has 0 saturated carbocycles. The molecule has 0 aliphatic heterocycles. The van der Waals surface area contributed by atoms with Gasteiger partial charge in [0.2, 0.25) is 0 Å². The second-order valence-electron chi connectivity index (χ2n) is 5.38. The lowest BCUT2D eigenvalue weighted by Crippen LogP contribution is -2.39. The summed E-state index contributed by atoms with van der Waals surface area (Å²) in [4.78, 5) is 2.43. The van der Waals surface area contributed by atoms with Gasteiger partial charge >= 0.3 is 0 Å². The van der Waals surface area contributed by atoms with Gasteiger partial charge in [0.1, 0.15) is 18.1 Å². The van der Waals surface area contributed by atoms with Gasteiger partial charge in [0, 0.05) is 18.6 Å². The van der Waals surface area contributed by atoms with E-state index in [2.05, 4.69) is 37.9 Å². The van der Waals surface area contributed by atoms with Gasteiger partial charge in [-0.25, -0.2) is 0 Å². The summed E-state index contributed by atoms with van der Waals surface area (Å²) in [5, 5.41) is 3.06. The predicted molar refractivity (Wildman–Crippen MR) is 78.1 cm³/mol. The molecular formula is C15H28N2O2. The van der Waals surface area contributed by atoms with Crippen molar-refractivity contribution in [3.63, 3.8) is 0 Å². The number of hydrogen-bond acceptors (Lipinski definition) is 4. The van der Waals surface area contributed by atoms with Gasteiger partial charge in [0.05, 0.1) is 13.2 Å². The van der Waals surface area contributed by atoms with Crippen LogP contribution in [0.2, 0.25) is 0 Å². The normalized spacial score (nSPS) is 12.0. The van der Waals surface area contributed by atoms with Crippen LogP contribution in [0.15, 0.2) is 16.5 Å². The molecule has 0 unspecified atom stereocenters. The van der Waals surface area contributed by atoms with Gasteiger partial charge in [0.25, 0.3) is 0 Å². The Morgan fingerprint density at radius 1 is 1.16 bits per heavy atom. The highest BCUT2D eigenvalue weighted by atomic mass is 16.5. The van der Waals surface area contributed by atoms with Gasteiger partial charge in [-0.05, 0) is 46.9 Å². The van der Waals surface area contributed by atoms with E-state index in [0.717, 1.165) is 31.2 Å². The van der Waals surface area contributed by atoms with Gasteiger partial charge in [0.15, 0.2) is 0 Å². The Labute approximate surface area is 117 Å². The number of hydrogen-bond donors (Lipinski definition) is 1. The topological polar surface area (TPSA) is 37.6 Å². The number of rotatable bonds is 9. The van der Waals surface area contributed by atoms with Crippen molar-refractivity contribution in [2.75, 3.05) is 20.2 Å². The van der Waals surface area contributed by atoms with Crippen LogP contribution in [-0.4, -0.2) is 37.2 Å². The third kappa shape index (κ3) is 5.76. The van der Waals surface area contributed by atoms with Crippen LogP contribution < -0.4 is 5.32 Å². The molecule has 0 radical (unpaired) electrons. The SMILES string of the molecule is CNCc1ccc(COCCN(C(C)C)C(C)C)o1. The van der Waals surface area contributed by atoms with E-state index < -0.39 is 0 Å². The molecule has 0 amide bonds. The molecule has 0 aliphatic carbocycles. The van der Waals surface area contributed by atoms with Crippen molar-refractivity contribution in [1.82, 2.24) is 10.2 Å². The van der Waals surface area contributed by atoms with Crippen molar-refractivity contribution in [2.45, 2.75) is 52.9 Å². The molecule has 0 bridgehead atoms. The quantitative estimate of drug-likeness (QED) is 0.699. The Morgan fingerprint density at radius 3 is 2.37 bits per heavy atom. The van der Waals surface area contributed by atoms with Crippen molar-refractivity contribution < 1.29 is 9.15 Å². The van der Waals surface area contributed by atoms with Crippen LogP contribution in [0, 0.1) is 0 Å². The maximum absolute atomic E-state index is 5.69. The van der Waals surface area contributed by atoms with Crippen LogP contribution in [-0.2, 0) is 17.9 Å². The van der Waals surface area contributed by atoms with E-state index in [1.165, 1.54) is 0 Å². The Bertz CT molecular complexity index is 340. The largest absolute Gasteiger partial charge is 0.462 e. The minimum absolute atomic E-state index is 0.549. The van der Waals surface area contributed by atoms with Crippen LogP contribution in [0.25, 0.3) is 0 Å². The van der Waals surface area contributed by atoms with Crippen molar-refractivity contribution >= 4 is 0 Å². The Morgan fingerprint density at radius 2 is 1.79 bits per heavy atom. The fraction of sp³-hybridized carbons (Fsp3) is 0.733. The molecule has 0 aromatic carbocycles. The molecule has 4 heteroatoms. The maximum atomic E-state index is 5.69. The first-order valence-electron chi connectivity index (χ1n) is 7.10. The summed E-state index contributed by atoms with van der Waals surface area (Å²) in [5.74, 6) is 1.85. The summed E-state index contributed by atoms with van der Waals surface area (Å²) in [7, 11) is 1.91. The van der Waals surface area contributed by atoms with Crippen molar-refractivity contribution in [3.05, 3.63) is 23.7 Å². The zero-order valence-corrected chi connectivity index (χ0v) is 12.9. The monoisotopic (exact) mass is 268 g/mol. The predicted octanol–water partition coefficient (Wildman–Crippen LogP) is 2.63. The van der Waals surface area contributed by atoms with Crippen LogP contribution in [0.3, 0.4) is 0 Å². The summed E-state index contributed by atoms with van der Waals surface area (Å²) in [6, 6.07) is 5.07. The molecule has 1 rings (SSSR count). The lowest BCUT2D eigenvalue weighted by Gasteiger charge is -2.30. The molecule has 0 aliphatic rings. The van der Waals surface area contributed by atoms with Crippen LogP contribution in [0.4, 0.5) is 0 Å². The molecule has 1 N–H and O–H groups in total. The van der Waals surface area contributed by atoms with E-state index in [1.54, 1.807) is 0 Å². The highest BCUT2D eigenvalue weighted by Crippen LogP contribution is 2.09. The number of ether oxygens (including phenoxy) is 1. The zero-order chi connectivity index (χ0) is 14.3. The van der Waals surface area contributed by atoms with Gasteiger partial charge in [-0.2, -0.15) is 0 Å². The smallest absolute Gasteiger partial charge is 0.129 e. The minimum Gasteiger partial charge on any atom is -0.462 e. The van der Waals surface area contributed by atoms with E-state index in [9.17, 15) is 0 Å². The lowest BCUT2D eigenvalue weighted by atomic mass is 10.2. The van der Waals surface area contributed by atoms with E-state index in [1.807, 2.05) is 19.2 Å². The van der Waals surface area contributed by atoms with Gasteiger partial charge < -0.3 is 14.5 Å². The Kier molecular flexibility index (Phi) is 7.13. The Balaban J connectivity index is 2.25. The van der Waals surface area contributed by atoms with Gasteiger partial charge in [-0.1, -0.05) is 0 Å². The summed E-state index contributed by atoms with van der Waals surface area (Å²) >= 11 is 0. The molecule has 0 saturated heterocycles. The van der Waals surface area contributed by atoms with Crippen molar-refractivity contribution in [2.24, 2.45) is 0 Å². The molecule has 110 valence electrons. The fourth-order valence-corrected chi connectivity index (χ4v) is 2.22. The number of nitrogens with zero attached hydrogens (tertiary/aromatic N) is 1. The highest BCUT2D eigenvalue weighted by molar-refractivity contribution is 5.06. The summed E-state index contributed by atoms with van der Waals surface area (Å²) < 4.78 is 11.3. The summed E-state index contributed by atoms with van der Waals surface area (Å²) in [5.41, 5.74) is 0. The third-order valence-electron chi connectivity index (χ3n) is 3.13. The van der Waals surface area contributed by atoms with Crippen molar-refractivity contribution in [1.29, 1.82) is 0 Å². The van der Waals surface area contributed by atoms with Crippen LogP contribution in [0.5, 0.6) is 0 Å². The average Bonchev–Trinajstić information content (AvgIpc) is 2.76. The zero-order valence-electron chi connectivity index (χ0n) is 12.9. The molecular weight excluding hydrogens is 240 g/mol. The second kappa shape index (κ2) is 8.35. The van der Waals surface area contributed by atoms with Gasteiger partial charge in [-0.3, -0.25) is 4.90 Å². The number of nitrogens with one attached hydrogen (secondary N) is 1. The maximum Gasteiger partial charge on any atom is 0.129 e. The third-order valence-corrected chi connectivity index (χ3v) is 3.13. The molecule has 1 heterocycles. The van der Waals surface area contributed by atoms with Crippen LogP contribution >= 0.6 is 0 Å². The van der Waals surface area contributed by atoms with E-state index in [4.69, 9.17) is 9.15 Å². The van der Waals surface area contributed by atoms with Gasteiger partial charge in [-0.15, -0.1) is 0 Å². The molecule has 1 aromatic rings. The standard InChI is InChI=1S/C15H28N2O2/c1-12(2)17(13(3)4)8-9-18-11-15-7-6-14(19-15)10-16-5/h6-7,12-13,16H,8-11H2,1-5H3. The second-order valence-corrected chi connectivity index (χ2v) is 5.38. The molecule has 0 spiro atoms. The summed E-state index contributed by atoms with van der Waals surface area (Å²) in [6.45, 7) is 11.9. The van der Waals surface area contributed by atoms with E-state index in [0.29, 0.717) is 18.7 Å². The van der Waals surface area contributed by atoms with E-state index >= 15 is 0 Å². The number of furan rings is 1. The first kappa shape index (κ1) is 16.2. The minimum atomic E-state index is 0.549. The lowest BCUT2D eigenvalue weighted by molar-refractivity contribution is 0.0616. The molecule has 0 atom stereocenters. The molecule has 4 nitrogen and oxygen atoms in total. The van der Waals surface area contributed by atoms with Crippen LogP contribution in [0.1, 0.15) is 39.2 Å². The summed E-state index contributed by atoms with van der Waals surface area (Å²) in [6.07, 6.45) is 0. The average molecular weight is 268 g/mol. The first-order valence-corrected chi connectivity index (χ1v) is 7.10. The Hall–Kier alpha value is -0.840. The fourth-order valence-electron chi connectivity index (χ4n) is 2.22. The van der Waals surface area contributed by atoms with Crippen molar-refractivity contribution in [3.8, 4) is 0 Å². The molecule has 19 heavy (non-hydrogen) atoms. The van der Waals surface area contributed by atoms with E-state index in [-0.39, 0.29) is 0 Å². The highest BCUT2D eigenvalue weighted by Gasteiger charge is 2.12. The first-order chi connectivity index (χ1) is 9.04. The molecule has 0 fully saturated rings. The molecule has 1 aromatic heterocycles.